The van der Waals surface area contributed by atoms with Crippen LogP contribution in [0.15, 0.2) is 48.5 Å². The van der Waals surface area contributed by atoms with E-state index in [-0.39, 0.29) is 18.6 Å². The number of ether oxygens (including phenoxy) is 2. The van der Waals surface area contributed by atoms with Crippen molar-refractivity contribution in [1.82, 2.24) is 0 Å². The SMILES string of the molecule is CC(C)(C)c1ccc(COC(=O)COc2ccc(C#N)cc2)cc1. The Morgan fingerprint density at radius 1 is 1.04 bits per heavy atom. The van der Waals surface area contributed by atoms with Gasteiger partial charge in [0.2, 0.25) is 0 Å². The number of carbonyl (C=O) groups is 1. The van der Waals surface area contributed by atoms with E-state index in [0.717, 1.165) is 5.56 Å². The fraction of sp³-hybridized carbons (Fsp3) is 0.300. The van der Waals surface area contributed by atoms with Gasteiger partial charge in [-0.25, -0.2) is 4.79 Å². The lowest BCUT2D eigenvalue weighted by atomic mass is 9.87. The van der Waals surface area contributed by atoms with E-state index in [1.807, 2.05) is 18.2 Å². The second-order valence-corrected chi connectivity index (χ2v) is 6.53. The van der Waals surface area contributed by atoms with Gasteiger partial charge in [0, 0.05) is 0 Å². The van der Waals surface area contributed by atoms with Crippen LogP contribution in [0.5, 0.6) is 5.75 Å². The molecule has 0 saturated heterocycles. The molecule has 24 heavy (non-hydrogen) atoms. The molecule has 2 aromatic carbocycles. The smallest absolute Gasteiger partial charge is 0.344 e. The third kappa shape index (κ3) is 5.13. The van der Waals surface area contributed by atoms with Gasteiger partial charge in [-0.15, -0.1) is 0 Å². The highest BCUT2D eigenvalue weighted by atomic mass is 16.6. The zero-order valence-corrected chi connectivity index (χ0v) is 14.2. The predicted molar refractivity (Wildman–Crippen MR) is 91.6 cm³/mol. The second kappa shape index (κ2) is 7.65. The van der Waals surface area contributed by atoms with Gasteiger partial charge in [0.15, 0.2) is 6.61 Å². The lowest BCUT2D eigenvalue weighted by Crippen LogP contribution is -2.15. The second-order valence-electron chi connectivity index (χ2n) is 6.53. The molecular weight excluding hydrogens is 302 g/mol. The Hall–Kier alpha value is -2.80. The maximum absolute atomic E-state index is 11.7. The summed E-state index contributed by atoms with van der Waals surface area (Å²) in [6.07, 6.45) is 0. The molecule has 0 atom stereocenters. The molecule has 0 heterocycles. The van der Waals surface area contributed by atoms with Crippen LogP contribution in [0.2, 0.25) is 0 Å². The van der Waals surface area contributed by atoms with Crippen molar-refractivity contribution in [3.63, 3.8) is 0 Å². The molecule has 0 spiro atoms. The van der Waals surface area contributed by atoms with E-state index in [2.05, 4.69) is 32.9 Å². The Morgan fingerprint density at radius 3 is 2.21 bits per heavy atom. The molecule has 0 aliphatic carbocycles. The Bertz CT molecular complexity index is 719. The summed E-state index contributed by atoms with van der Waals surface area (Å²) in [4.78, 5) is 11.7. The maximum Gasteiger partial charge on any atom is 0.344 e. The molecule has 0 unspecified atom stereocenters. The van der Waals surface area contributed by atoms with Gasteiger partial charge in [-0.05, 0) is 40.8 Å². The zero-order valence-electron chi connectivity index (χ0n) is 14.2. The molecular formula is C20H21NO3. The predicted octanol–water partition coefficient (Wildman–Crippen LogP) is 3.98. The highest BCUT2D eigenvalue weighted by molar-refractivity contribution is 5.71. The summed E-state index contributed by atoms with van der Waals surface area (Å²) in [5.41, 5.74) is 2.82. The van der Waals surface area contributed by atoms with Crippen LogP contribution in [0.25, 0.3) is 0 Å². The average Bonchev–Trinajstić information content (AvgIpc) is 2.58. The number of rotatable bonds is 5. The molecule has 0 aliphatic rings. The molecule has 0 amide bonds. The number of nitriles is 1. The van der Waals surface area contributed by atoms with E-state index >= 15 is 0 Å². The van der Waals surface area contributed by atoms with Crippen LogP contribution in [0.3, 0.4) is 0 Å². The maximum atomic E-state index is 11.7. The lowest BCUT2D eigenvalue weighted by Gasteiger charge is -2.19. The summed E-state index contributed by atoms with van der Waals surface area (Å²) in [7, 11) is 0. The van der Waals surface area contributed by atoms with Crippen molar-refractivity contribution in [2.75, 3.05) is 6.61 Å². The van der Waals surface area contributed by atoms with Crippen molar-refractivity contribution in [1.29, 1.82) is 5.26 Å². The van der Waals surface area contributed by atoms with Gasteiger partial charge in [0.25, 0.3) is 0 Å². The molecule has 0 N–H and O–H groups in total. The molecule has 0 fully saturated rings. The van der Waals surface area contributed by atoms with Crippen molar-refractivity contribution < 1.29 is 14.3 Å². The monoisotopic (exact) mass is 323 g/mol. The average molecular weight is 323 g/mol. The minimum atomic E-state index is -0.431. The van der Waals surface area contributed by atoms with Crippen molar-refractivity contribution in [3.8, 4) is 11.8 Å². The van der Waals surface area contributed by atoms with Gasteiger partial charge in [0.1, 0.15) is 12.4 Å². The number of hydrogen-bond donors (Lipinski definition) is 0. The third-order valence-corrected chi connectivity index (χ3v) is 3.56. The van der Waals surface area contributed by atoms with Gasteiger partial charge in [0.05, 0.1) is 11.6 Å². The Balaban J connectivity index is 1.79. The summed E-state index contributed by atoms with van der Waals surface area (Å²) >= 11 is 0. The van der Waals surface area contributed by atoms with Crippen LogP contribution in [-0.4, -0.2) is 12.6 Å². The van der Waals surface area contributed by atoms with E-state index in [0.29, 0.717) is 11.3 Å². The highest BCUT2D eigenvalue weighted by Crippen LogP contribution is 2.22. The lowest BCUT2D eigenvalue weighted by molar-refractivity contribution is -0.147. The highest BCUT2D eigenvalue weighted by Gasteiger charge is 2.13. The first-order valence-corrected chi connectivity index (χ1v) is 7.76. The first-order valence-electron chi connectivity index (χ1n) is 7.76. The summed E-state index contributed by atoms with van der Waals surface area (Å²) in [6.45, 7) is 6.53. The minimum absolute atomic E-state index is 0.101. The number of nitrogens with zero attached hydrogens (tertiary/aromatic N) is 1. The Morgan fingerprint density at radius 2 is 1.67 bits per heavy atom. The van der Waals surface area contributed by atoms with E-state index in [1.54, 1.807) is 24.3 Å². The third-order valence-electron chi connectivity index (χ3n) is 3.56. The molecule has 4 heteroatoms. The molecule has 0 saturated carbocycles. The number of esters is 1. The fourth-order valence-electron chi connectivity index (χ4n) is 2.07. The van der Waals surface area contributed by atoms with Crippen LogP contribution in [-0.2, 0) is 21.6 Å². The van der Waals surface area contributed by atoms with Gasteiger partial charge in [-0.3, -0.25) is 0 Å². The largest absolute Gasteiger partial charge is 0.482 e. The first kappa shape index (κ1) is 17.6. The topological polar surface area (TPSA) is 59.3 Å². The van der Waals surface area contributed by atoms with Crippen molar-refractivity contribution in [3.05, 3.63) is 65.2 Å². The van der Waals surface area contributed by atoms with Gasteiger partial charge in [-0.2, -0.15) is 5.26 Å². The number of hydrogen-bond acceptors (Lipinski definition) is 4. The molecule has 4 nitrogen and oxygen atoms in total. The normalized spacial score (nSPS) is 10.8. The fourth-order valence-corrected chi connectivity index (χ4v) is 2.07. The Labute approximate surface area is 142 Å². The standard InChI is InChI=1S/C20H21NO3/c1-20(2,3)17-8-4-16(5-9-17)13-24-19(22)14-23-18-10-6-15(12-21)7-11-18/h4-11H,13-14H2,1-3H3. The van der Waals surface area contributed by atoms with Crippen LogP contribution in [0.4, 0.5) is 0 Å². The minimum Gasteiger partial charge on any atom is -0.482 e. The molecule has 2 rings (SSSR count). The van der Waals surface area contributed by atoms with Crippen molar-refractivity contribution in [2.24, 2.45) is 0 Å². The van der Waals surface area contributed by atoms with E-state index < -0.39 is 5.97 Å². The van der Waals surface area contributed by atoms with E-state index in [4.69, 9.17) is 14.7 Å². The quantitative estimate of drug-likeness (QED) is 0.781. The number of carbonyl (C=O) groups excluding carboxylic acids is 1. The van der Waals surface area contributed by atoms with Crippen molar-refractivity contribution in [2.45, 2.75) is 32.8 Å². The van der Waals surface area contributed by atoms with Crippen LogP contribution >= 0.6 is 0 Å². The number of benzene rings is 2. The van der Waals surface area contributed by atoms with Crippen LogP contribution in [0.1, 0.15) is 37.5 Å². The zero-order chi connectivity index (χ0) is 17.6. The van der Waals surface area contributed by atoms with E-state index in [9.17, 15) is 4.79 Å². The first-order chi connectivity index (χ1) is 11.4. The van der Waals surface area contributed by atoms with Gasteiger partial charge >= 0.3 is 5.97 Å². The van der Waals surface area contributed by atoms with Crippen molar-refractivity contribution >= 4 is 5.97 Å². The summed E-state index contributed by atoms with van der Waals surface area (Å²) < 4.78 is 10.5. The van der Waals surface area contributed by atoms with Gasteiger partial charge in [-0.1, -0.05) is 45.0 Å². The molecule has 0 bridgehead atoms. The van der Waals surface area contributed by atoms with Crippen LogP contribution < -0.4 is 4.74 Å². The molecule has 0 aliphatic heterocycles. The summed E-state index contributed by atoms with van der Waals surface area (Å²) in [5.74, 6) is 0.0970. The Kier molecular flexibility index (Phi) is 5.59. The molecule has 124 valence electrons. The van der Waals surface area contributed by atoms with Gasteiger partial charge < -0.3 is 9.47 Å². The molecule has 2 aromatic rings. The molecule has 0 aromatic heterocycles. The summed E-state index contributed by atoms with van der Waals surface area (Å²) in [5, 5.41) is 8.72. The van der Waals surface area contributed by atoms with E-state index in [1.165, 1.54) is 5.56 Å². The van der Waals surface area contributed by atoms with Crippen LogP contribution in [0, 0.1) is 11.3 Å². The molecule has 0 radical (unpaired) electrons. The summed E-state index contributed by atoms with van der Waals surface area (Å²) in [6, 6.07) is 16.6.